The second-order valence-corrected chi connectivity index (χ2v) is 9.42. The van der Waals surface area contributed by atoms with Crippen LogP contribution < -0.4 is 19.5 Å². The van der Waals surface area contributed by atoms with E-state index in [1.54, 1.807) is 41.7 Å². The van der Waals surface area contributed by atoms with Gasteiger partial charge < -0.3 is 14.8 Å². The minimum absolute atomic E-state index is 0.0363. The molecule has 0 unspecified atom stereocenters. The van der Waals surface area contributed by atoms with E-state index in [1.165, 1.54) is 17.0 Å². The number of thiophene rings is 1. The molecule has 2 heterocycles. The maximum atomic E-state index is 12.7. The summed E-state index contributed by atoms with van der Waals surface area (Å²) in [6.45, 7) is 0.738. The molecule has 0 saturated carbocycles. The molecule has 2 aromatic carbocycles. The number of hydrogen-bond donors (Lipinski definition) is 2. The smallest absolute Gasteiger partial charge is 0.251 e. The van der Waals surface area contributed by atoms with Crippen molar-refractivity contribution >= 4 is 27.3 Å². The summed E-state index contributed by atoms with van der Waals surface area (Å²) in [7, 11) is -3.78. The van der Waals surface area contributed by atoms with Crippen LogP contribution in [0.1, 0.15) is 20.8 Å². The van der Waals surface area contributed by atoms with E-state index in [0.29, 0.717) is 23.6 Å². The van der Waals surface area contributed by atoms with Gasteiger partial charge in [0.2, 0.25) is 16.8 Å². The number of nitrogens with one attached hydrogen (secondary N) is 2. The summed E-state index contributed by atoms with van der Waals surface area (Å²) in [5.74, 6) is 0.923. The molecule has 2 N–H and O–H groups in total. The third kappa shape index (κ3) is 4.81. The molecule has 1 aromatic heterocycles. The molecule has 1 aliphatic rings. The molecular weight excluding hydrogens is 424 g/mol. The van der Waals surface area contributed by atoms with Gasteiger partial charge in [0, 0.05) is 23.5 Å². The molecule has 7 nitrogen and oxygen atoms in total. The highest BCUT2D eigenvalue weighted by atomic mass is 32.2. The van der Waals surface area contributed by atoms with Crippen LogP contribution in [0.25, 0.3) is 0 Å². The van der Waals surface area contributed by atoms with Crippen LogP contribution >= 0.6 is 11.3 Å². The number of ether oxygens (including phenoxy) is 2. The van der Waals surface area contributed by atoms with E-state index in [1.807, 2.05) is 17.5 Å². The van der Waals surface area contributed by atoms with E-state index in [9.17, 15) is 13.2 Å². The quantitative estimate of drug-likeness (QED) is 0.557. The van der Waals surface area contributed by atoms with Gasteiger partial charge in [-0.2, -0.15) is 0 Å². The van der Waals surface area contributed by atoms with Crippen LogP contribution in [0.3, 0.4) is 0 Å². The molecule has 4 rings (SSSR count). The molecule has 30 heavy (non-hydrogen) atoms. The van der Waals surface area contributed by atoms with E-state index in [-0.39, 0.29) is 24.1 Å². The SMILES string of the molecule is O=C(NCCc1cccs1)c1cccc(S(=O)(=O)NCc2ccc3c(c2)OCO3)c1. The van der Waals surface area contributed by atoms with Gasteiger partial charge in [-0.05, 0) is 53.8 Å². The van der Waals surface area contributed by atoms with E-state index in [4.69, 9.17) is 9.47 Å². The van der Waals surface area contributed by atoms with Gasteiger partial charge in [-0.25, -0.2) is 13.1 Å². The van der Waals surface area contributed by atoms with Crippen molar-refractivity contribution in [3.63, 3.8) is 0 Å². The minimum atomic E-state index is -3.78. The van der Waals surface area contributed by atoms with Crippen molar-refractivity contribution < 1.29 is 22.7 Å². The number of carbonyl (C=O) groups excluding carboxylic acids is 1. The maximum absolute atomic E-state index is 12.7. The van der Waals surface area contributed by atoms with Crippen molar-refractivity contribution in [2.24, 2.45) is 0 Å². The monoisotopic (exact) mass is 444 g/mol. The fourth-order valence-corrected chi connectivity index (χ4v) is 4.75. The Balaban J connectivity index is 1.38. The Morgan fingerprint density at radius 2 is 1.90 bits per heavy atom. The van der Waals surface area contributed by atoms with Gasteiger partial charge in [0.15, 0.2) is 11.5 Å². The molecule has 0 fully saturated rings. The zero-order valence-corrected chi connectivity index (χ0v) is 17.6. The van der Waals surface area contributed by atoms with Crippen LogP contribution in [0, 0.1) is 0 Å². The number of amides is 1. The van der Waals surface area contributed by atoms with Crippen molar-refractivity contribution in [1.82, 2.24) is 10.0 Å². The summed E-state index contributed by atoms with van der Waals surface area (Å²) in [4.78, 5) is 13.6. The van der Waals surface area contributed by atoms with Crippen molar-refractivity contribution in [3.8, 4) is 11.5 Å². The van der Waals surface area contributed by atoms with Crippen LogP contribution in [0.15, 0.2) is 64.9 Å². The van der Waals surface area contributed by atoms with Gasteiger partial charge in [0.25, 0.3) is 5.91 Å². The summed E-state index contributed by atoms with van der Waals surface area (Å²) in [6.07, 6.45) is 0.735. The first-order valence-corrected chi connectivity index (χ1v) is 11.7. The zero-order chi connectivity index (χ0) is 21.0. The average Bonchev–Trinajstić information content (AvgIpc) is 3.44. The Hall–Kier alpha value is -2.88. The predicted octanol–water partition coefficient (Wildman–Crippen LogP) is 2.93. The Bertz CT molecular complexity index is 1140. The van der Waals surface area contributed by atoms with Gasteiger partial charge in [-0.15, -0.1) is 11.3 Å². The highest BCUT2D eigenvalue weighted by molar-refractivity contribution is 7.89. The molecule has 0 atom stereocenters. The van der Waals surface area contributed by atoms with Gasteiger partial charge >= 0.3 is 0 Å². The van der Waals surface area contributed by atoms with E-state index < -0.39 is 10.0 Å². The zero-order valence-electron chi connectivity index (χ0n) is 16.0. The number of rotatable bonds is 8. The Labute approximate surface area is 178 Å². The molecule has 0 spiro atoms. The highest BCUT2D eigenvalue weighted by Crippen LogP contribution is 2.32. The number of fused-ring (bicyclic) bond motifs is 1. The van der Waals surface area contributed by atoms with Crippen LogP contribution in [-0.2, 0) is 23.0 Å². The Morgan fingerprint density at radius 3 is 2.73 bits per heavy atom. The van der Waals surface area contributed by atoms with Crippen LogP contribution in [-0.4, -0.2) is 27.7 Å². The minimum Gasteiger partial charge on any atom is -0.454 e. The number of benzene rings is 2. The molecule has 156 valence electrons. The normalized spacial score (nSPS) is 12.7. The van der Waals surface area contributed by atoms with E-state index in [0.717, 1.165) is 12.0 Å². The Morgan fingerprint density at radius 1 is 1.03 bits per heavy atom. The molecule has 0 saturated heterocycles. The molecule has 3 aromatic rings. The van der Waals surface area contributed by atoms with E-state index in [2.05, 4.69) is 10.0 Å². The molecule has 1 aliphatic heterocycles. The molecule has 0 bridgehead atoms. The standard InChI is InChI=1S/C21H20N2O5S2/c24-21(22-9-8-17-4-2-10-29-17)16-3-1-5-18(12-16)30(25,26)23-13-15-6-7-19-20(11-15)28-14-27-19/h1-7,10-12,23H,8-9,13-14H2,(H,22,24). The second kappa shape index (κ2) is 8.86. The lowest BCUT2D eigenvalue weighted by Gasteiger charge is -2.09. The summed E-state index contributed by atoms with van der Waals surface area (Å²) in [5.41, 5.74) is 1.04. The molecular formula is C21H20N2O5S2. The first-order chi connectivity index (χ1) is 14.5. The summed E-state index contributed by atoms with van der Waals surface area (Å²) in [6, 6.07) is 15.2. The van der Waals surface area contributed by atoms with Gasteiger partial charge in [0.1, 0.15) is 0 Å². The van der Waals surface area contributed by atoms with Gasteiger partial charge in [0.05, 0.1) is 4.90 Å². The fourth-order valence-electron chi connectivity index (χ4n) is 2.97. The lowest BCUT2D eigenvalue weighted by molar-refractivity contribution is 0.0954. The maximum Gasteiger partial charge on any atom is 0.251 e. The van der Waals surface area contributed by atoms with Gasteiger partial charge in [-0.1, -0.05) is 18.2 Å². The molecule has 1 amide bonds. The molecule has 9 heteroatoms. The molecule has 0 aliphatic carbocycles. The Kier molecular flexibility index (Phi) is 6.03. The van der Waals surface area contributed by atoms with Crippen LogP contribution in [0.2, 0.25) is 0 Å². The molecule has 0 radical (unpaired) electrons. The third-order valence-corrected chi connectivity index (χ3v) is 6.88. The van der Waals surface area contributed by atoms with Crippen molar-refractivity contribution in [2.75, 3.05) is 13.3 Å². The fraction of sp³-hybridized carbons (Fsp3) is 0.190. The van der Waals surface area contributed by atoms with Gasteiger partial charge in [-0.3, -0.25) is 4.79 Å². The lowest BCUT2D eigenvalue weighted by atomic mass is 10.2. The summed E-state index contributed by atoms with van der Waals surface area (Å²) >= 11 is 1.63. The first-order valence-electron chi connectivity index (χ1n) is 9.30. The summed E-state index contributed by atoms with van der Waals surface area (Å²) < 4.78 is 38.5. The third-order valence-electron chi connectivity index (χ3n) is 4.55. The van der Waals surface area contributed by atoms with Crippen LogP contribution in [0.5, 0.6) is 11.5 Å². The van der Waals surface area contributed by atoms with E-state index >= 15 is 0 Å². The summed E-state index contributed by atoms with van der Waals surface area (Å²) in [5, 5.41) is 4.81. The average molecular weight is 445 g/mol. The van der Waals surface area contributed by atoms with Crippen molar-refractivity contribution in [2.45, 2.75) is 17.9 Å². The predicted molar refractivity (Wildman–Crippen MR) is 113 cm³/mol. The number of carbonyl (C=O) groups is 1. The second-order valence-electron chi connectivity index (χ2n) is 6.63. The van der Waals surface area contributed by atoms with Crippen molar-refractivity contribution in [1.29, 1.82) is 0 Å². The largest absolute Gasteiger partial charge is 0.454 e. The number of sulfonamides is 1. The lowest BCUT2D eigenvalue weighted by Crippen LogP contribution is -2.27. The van der Waals surface area contributed by atoms with Crippen LogP contribution in [0.4, 0.5) is 0 Å². The highest BCUT2D eigenvalue weighted by Gasteiger charge is 2.18. The number of hydrogen-bond acceptors (Lipinski definition) is 6. The topological polar surface area (TPSA) is 93.7 Å². The first kappa shape index (κ1) is 20.4. The van der Waals surface area contributed by atoms with Crippen molar-refractivity contribution in [3.05, 3.63) is 76.0 Å².